The molecule has 1 N–H and O–H groups in total. The molecule has 0 aliphatic heterocycles. The van der Waals surface area contributed by atoms with Crippen LogP contribution in [0, 0.1) is 13.8 Å². The Morgan fingerprint density at radius 2 is 1.67 bits per heavy atom. The Balaban J connectivity index is 3.13. The van der Waals surface area contributed by atoms with Crippen molar-refractivity contribution in [3.05, 3.63) is 34.4 Å². The van der Waals surface area contributed by atoms with E-state index in [1.165, 1.54) is 5.56 Å². The monoisotopic (exact) mass is 247 g/mol. The van der Waals surface area contributed by atoms with Gasteiger partial charge in [-0.05, 0) is 42.5 Å². The molecule has 1 aromatic rings. The quantitative estimate of drug-likeness (QED) is 0.826. The molecule has 0 aromatic heterocycles. The second kappa shape index (κ2) is 5.66. The fourth-order valence-electron chi connectivity index (χ4n) is 2.16. The minimum atomic E-state index is 0.124. The Labute approximate surface area is 111 Å². The summed E-state index contributed by atoms with van der Waals surface area (Å²) in [5.41, 5.74) is 4.46. The SMILES string of the molecule is CCNCC(=O)c1c(C)cc(C(C)(C)C)cc1C. The highest BCUT2D eigenvalue weighted by molar-refractivity contribution is 6.00. The number of ketones is 1. The molecule has 0 atom stereocenters. The van der Waals surface area contributed by atoms with Gasteiger partial charge in [-0.25, -0.2) is 0 Å². The van der Waals surface area contributed by atoms with Crippen LogP contribution in [0.3, 0.4) is 0 Å². The highest BCUT2D eigenvalue weighted by atomic mass is 16.1. The summed E-state index contributed by atoms with van der Waals surface area (Å²) in [4.78, 5) is 12.1. The van der Waals surface area contributed by atoms with E-state index in [1.54, 1.807) is 0 Å². The van der Waals surface area contributed by atoms with Crippen molar-refractivity contribution in [1.82, 2.24) is 5.32 Å². The van der Waals surface area contributed by atoms with Crippen molar-refractivity contribution in [3.8, 4) is 0 Å². The zero-order valence-corrected chi connectivity index (χ0v) is 12.5. The molecule has 1 rings (SSSR count). The van der Waals surface area contributed by atoms with Gasteiger partial charge in [0, 0.05) is 5.56 Å². The van der Waals surface area contributed by atoms with Crippen molar-refractivity contribution in [2.45, 2.75) is 47.0 Å². The number of hydrogen-bond acceptors (Lipinski definition) is 2. The molecule has 18 heavy (non-hydrogen) atoms. The van der Waals surface area contributed by atoms with Gasteiger partial charge in [-0.15, -0.1) is 0 Å². The molecule has 0 aliphatic carbocycles. The third-order valence-electron chi connectivity index (χ3n) is 3.21. The first-order chi connectivity index (χ1) is 8.27. The largest absolute Gasteiger partial charge is 0.310 e. The summed E-state index contributed by atoms with van der Waals surface area (Å²) >= 11 is 0. The highest BCUT2D eigenvalue weighted by Crippen LogP contribution is 2.27. The van der Waals surface area contributed by atoms with Gasteiger partial charge in [0.2, 0.25) is 0 Å². The molecule has 1 aromatic carbocycles. The molecule has 100 valence electrons. The second-order valence-electron chi connectivity index (χ2n) is 5.94. The lowest BCUT2D eigenvalue weighted by molar-refractivity contribution is 0.0990. The van der Waals surface area contributed by atoms with Crippen LogP contribution in [0.2, 0.25) is 0 Å². The van der Waals surface area contributed by atoms with E-state index in [0.29, 0.717) is 6.54 Å². The summed E-state index contributed by atoms with van der Waals surface area (Å²) in [6.45, 7) is 13.9. The number of carbonyl (C=O) groups excluding carboxylic acids is 1. The van der Waals surface area contributed by atoms with Gasteiger partial charge in [0.25, 0.3) is 0 Å². The number of likely N-dealkylation sites (N-methyl/N-ethyl adjacent to an activating group) is 1. The number of rotatable bonds is 4. The first-order valence-electron chi connectivity index (χ1n) is 6.63. The molecule has 0 saturated heterocycles. The molecule has 0 fully saturated rings. The molecular weight excluding hydrogens is 222 g/mol. The van der Waals surface area contributed by atoms with E-state index < -0.39 is 0 Å². The highest BCUT2D eigenvalue weighted by Gasteiger charge is 2.18. The molecule has 0 heterocycles. The summed E-state index contributed by atoms with van der Waals surface area (Å²) in [6.07, 6.45) is 0. The molecule has 0 unspecified atom stereocenters. The third-order valence-corrected chi connectivity index (χ3v) is 3.21. The first-order valence-corrected chi connectivity index (χ1v) is 6.63. The van der Waals surface area contributed by atoms with Crippen molar-refractivity contribution >= 4 is 5.78 Å². The molecule has 2 nitrogen and oxygen atoms in total. The lowest BCUT2D eigenvalue weighted by atomic mass is 9.83. The van der Waals surface area contributed by atoms with Crippen LogP contribution >= 0.6 is 0 Å². The van der Waals surface area contributed by atoms with E-state index in [2.05, 4.69) is 38.2 Å². The smallest absolute Gasteiger partial charge is 0.177 e. The van der Waals surface area contributed by atoms with Crippen molar-refractivity contribution in [2.24, 2.45) is 0 Å². The van der Waals surface area contributed by atoms with Gasteiger partial charge in [0.15, 0.2) is 5.78 Å². The van der Waals surface area contributed by atoms with Crippen LogP contribution < -0.4 is 5.32 Å². The summed E-state index contributed by atoms with van der Waals surface area (Å²) in [7, 11) is 0. The van der Waals surface area contributed by atoms with E-state index in [1.807, 2.05) is 20.8 Å². The minimum absolute atomic E-state index is 0.124. The summed E-state index contributed by atoms with van der Waals surface area (Å²) < 4.78 is 0. The maximum Gasteiger partial charge on any atom is 0.177 e. The van der Waals surface area contributed by atoms with Gasteiger partial charge >= 0.3 is 0 Å². The van der Waals surface area contributed by atoms with E-state index in [-0.39, 0.29) is 11.2 Å². The third kappa shape index (κ3) is 3.42. The number of nitrogens with one attached hydrogen (secondary N) is 1. The maximum absolute atomic E-state index is 12.1. The fourth-order valence-corrected chi connectivity index (χ4v) is 2.16. The van der Waals surface area contributed by atoms with Gasteiger partial charge in [-0.1, -0.05) is 39.8 Å². The van der Waals surface area contributed by atoms with Crippen LogP contribution in [0.25, 0.3) is 0 Å². The Kier molecular flexibility index (Phi) is 4.69. The predicted molar refractivity (Wildman–Crippen MR) is 77.5 cm³/mol. The fraction of sp³-hybridized carbons (Fsp3) is 0.562. The van der Waals surface area contributed by atoms with E-state index in [4.69, 9.17) is 0 Å². The van der Waals surface area contributed by atoms with Crippen LogP contribution in [0.1, 0.15) is 54.7 Å². The van der Waals surface area contributed by atoms with Crippen molar-refractivity contribution < 1.29 is 4.79 Å². The number of Topliss-reactive ketones (excluding diaryl/α,β-unsaturated/α-hetero) is 1. The van der Waals surface area contributed by atoms with E-state index >= 15 is 0 Å². The lowest BCUT2D eigenvalue weighted by Crippen LogP contribution is -2.24. The van der Waals surface area contributed by atoms with Gasteiger partial charge in [-0.3, -0.25) is 4.79 Å². The zero-order valence-electron chi connectivity index (χ0n) is 12.5. The average molecular weight is 247 g/mol. The van der Waals surface area contributed by atoms with Crippen LogP contribution in [0.5, 0.6) is 0 Å². The molecule has 0 bridgehead atoms. The molecular formula is C16H25NO. The van der Waals surface area contributed by atoms with Crippen molar-refractivity contribution in [3.63, 3.8) is 0 Å². The van der Waals surface area contributed by atoms with Gasteiger partial charge in [0.1, 0.15) is 0 Å². The average Bonchev–Trinajstić information content (AvgIpc) is 2.24. The van der Waals surface area contributed by atoms with Gasteiger partial charge in [0.05, 0.1) is 6.54 Å². The molecule has 0 saturated carbocycles. The molecule has 0 spiro atoms. The standard InChI is InChI=1S/C16H25NO/c1-7-17-10-14(18)15-11(2)8-13(9-12(15)3)16(4,5)6/h8-9,17H,7,10H2,1-6H3. The van der Waals surface area contributed by atoms with Crippen LogP contribution in [-0.2, 0) is 5.41 Å². The van der Waals surface area contributed by atoms with E-state index in [9.17, 15) is 4.79 Å². The number of benzene rings is 1. The van der Waals surface area contributed by atoms with Crippen LogP contribution in [0.15, 0.2) is 12.1 Å². The summed E-state index contributed by atoms with van der Waals surface area (Å²) in [5, 5.41) is 3.10. The van der Waals surface area contributed by atoms with E-state index in [0.717, 1.165) is 23.2 Å². The van der Waals surface area contributed by atoms with Gasteiger partial charge < -0.3 is 5.32 Å². The molecule has 0 radical (unpaired) electrons. The van der Waals surface area contributed by atoms with Gasteiger partial charge in [-0.2, -0.15) is 0 Å². The Bertz CT molecular complexity index is 418. The lowest BCUT2D eigenvalue weighted by Gasteiger charge is -2.22. The van der Waals surface area contributed by atoms with Crippen LogP contribution in [-0.4, -0.2) is 18.9 Å². The number of aryl methyl sites for hydroxylation is 2. The number of hydrogen-bond donors (Lipinski definition) is 1. The molecule has 0 aliphatic rings. The van der Waals surface area contributed by atoms with Crippen molar-refractivity contribution in [1.29, 1.82) is 0 Å². The predicted octanol–water partition coefficient (Wildman–Crippen LogP) is 3.39. The summed E-state index contributed by atoms with van der Waals surface area (Å²) in [6, 6.07) is 4.29. The topological polar surface area (TPSA) is 29.1 Å². The second-order valence-corrected chi connectivity index (χ2v) is 5.94. The maximum atomic E-state index is 12.1. The minimum Gasteiger partial charge on any atom is -0.310 e. The summed E-state index contributed by atoms with van der Waals surface area (Å²) in [5.74, 6) is 0.187. The Morgan fingerprint density at radius 1 is 1.17 bits per heavy atom. The molecule has 2 heteroatoms. The normalized spacial score (nSPS) is 11.7. The zero-order chi connectivity index (χ0) is 13.9. The van der Waals surface area contributed by atoms with Crippen LogP contribution in [0.4, 0.5) is 0 Å². The molecule has 0 amide bonds. The Hall–Kier alpha value is -1.15. The van der Waals surface area contributed by atoms with Crippen molar-refractivity contribution in [2.75, 3.05) is 13.1 Å². The number of carbonyl (C=O) groups is 1. The first kappa shape index (κ1) is 14.9. The Morgan fingerprint density at radius 3 is 2.06 bits per heavy atom.